The van der Waals surface area contributed by atoms with Gasteiger partial charge in [-0.1, -0.05) is 0 Å². The van der Waals surface area contributed by atoms with Gasteiger partial charge in [0.2, 0.25) is 0 Å². The molecular formula is H4FeMg2MnNO12P3. The number of phosphoric acid groups is 3. The van der Waals surface area contributed by atoms with E-state index in [1.165, 1.54) is 0 Å². The molecule has 0 rings (SSSR count). The molecule has 13 nitrogen and oxygen atoms in total. The van der Waals surface area contributed by atoms with Crippen LogP contribution in [0.4, 0.5) is 0 Å². The molecule has 1 radical (unpaired) electrons. The first kappa shape index (κ1) is 49.5. The van der Waals surface area contributed by atoms with Crippen LogP contribution in [-0.2, 0) is 47.8 Å². The Morgan fingerprint density at radius 1 is 0.500 bits per heavy atom. The van der Waals surface area contributed by atoms with Gasteiger partial charge < -0.3 is 63.9 Å². The van der Waals surface area contributed by atoms with Crippen molar-refractivity contribution in [2.45, 2.75) is 0 Å². The minimum Gasteiger partial charge on any atom is -0.822 e. The summed E-state index contributed by atoms with van der Waals surface area (Å²) in [6, 6.07) is 0. The SMILES string of the molecule is O=P([O-])([O-])[O-].O=P([O-])([O-])[O-].O=P([O-])([O-])[O-].[Fe+2].[Mg+2].[Mg+2].[Mn+2].[NH4+]. The van der Waals surface area contributed by atoms with Gasteiger partial charge in [-0.25, -0.2) is 0 Å². The van der Waals surface area contributed by atoms with Crippen molar-refractivity contribution in [1.82, 2.24) is 6.15 Å². The molecule has 0 amide bonds. The molecule has 0 aromatic rings. The number of hydrogen-bond donors (Lipinski definition) is 1. The van der Waals surface area contributed by atoms with Gasteiger partial charge in [0, 0.05) is 0 Å². The molecule has 0 bridgehead atoms. The second-order valence-corrected chi connectivity index (χ2v) is 4.02. The van der Waals surface area contributed by atoms with Gasteiger partial charge in [-0.05, 0) is 0 Å². The van der Waals surface area contributed by atoms with Crippen LogP contribution < -0.4 is 50.2 Å². The van der Waals surface area contributed by atoms with Crippen molar-refractivity contribution in [2.24, 2.45) is 0 Å². The third-order valence-electron chi connectivity index (χ3n) is 0. The first-order valence-electron chi connectivity index (χ1n) is 2.19. The molecule has 0 atom stereocenters. The van der Waals surface area contributed by atoms with Crippen LogP contribution in [0.2, 0.25) is 0 Å². The molecule has 0 saturated heterocycles. The summed E-state index contributed by atoms with van der Waals surface area (Å²) < 4.78 is 25.6. The Balaban J connectivity index is -0.0000000160. The molecule has 20 heteroatoms. The Labute approximate surface area is 166 Å². The molecule has 4 N–H and O–H groups in total. The fourth-order valence-electron chi connectivity index (χ4n) is 0. The first-order valence-corrected chi connectivity index (χ1v) is 6.57. The predicted octanol–water partition coefficient (Wildman–Crippen LogP) is -8.86. The summed E-state index contributed by atoms with van der Waals surface area (Å²) in [5.41, 5.74) is 0. The summed E-state index contributed by atoms with van der Waals surface area (Å²) in [5.74, 6) is 0. The second kappa shape index (κ2) is 21.9. The Bertz CT molecular complexity index is 223. The van der Waals surface area contributed by atoms with Crippen LogP contribution in [0.1, 0.15) is 0 Å². The molecule has 0 heterocycles. The van der Waals surface area contributed by atoms with Gasteiger partial charge in [-0.2, -0.15) is 23.5 Å². The van der Waals surface area contributed by atoms with E-state index < -0.39 is 23.5 Å². The monoisotopic (exact) mass is 462 g/mol. The average molecular weight is 462 g/mol. The third kappa shape index (κ3) is 1010. The van der Waals surface area contributed by atoms with E-state index in [4.69, 9.17) is 57.7 Å². The quantitative estimate of drug-likeness (QED) is 0.259. The topological polar surface area (TPSA) is 295 Å². The van der Waals surface area contributed by atoms with Crippen molar-refractivity contribution < 1.29 is 91.9 Å². The number of hydrogen-bond acceptors (Lipinski definition) is 12. The molecule has 0 aliphatic rings. The molecule has 115 valence electrons. The van der Waals surface area contributed by atoms with Crippen LogP contribution in [-0.4, -0.2) is 46.1 Å². The number of rotatable bonds is 0. The van der Waals surface area contributed by atoms with Crippen LogP contribution in [0, 0.1) is 0 Å². The molecule has 0 aliphatic heterocycles. The minimum absolute atomic E-state index is 0. The van der Waals surface area contributed by atoms with E-state index in [1.807, 2.05) is 0 Å². The van der Waals surface area contributed by atoms with E-state index >= 15 is 0 Å². The zero-order valence-electron chi connectivity index (χ0n) is 9.39. The summed E-state index contributed by atoms with van der Waals surface area (Å²) in [7, 11) is -16.2. The molecule has 0 aliphatic carbocycles. The molecule has 0 saturated carbocycles. The molecule has 0 aromatic heterocycles. The maximum atomic E-state index is 8.55. The standard InChI is InChI=1S/Fe.2Mg.Mn.H3N.3H3O4P/c;;;;;3*1-5(2,3)4/h;;;;1H3;3*(H3,1,2,3,4)/q4*+2;;;;/p-8. The Morgan fingerprint density at radius 3 is 0.500 bits per heavy atom. The second-order valence-electron chi connectivity index (χ2n) is 1.34. The van der Waals surface area contributed by atoms with Gasteiger partial charge in [0.15, 0.2) is 0 Å². The van der Waals surface area contributed by atoms with Gasteiger partial charge in [-0.15, -0.1) is 0 Å². The van der Waals surface area contributed by atoms with Gasteiger partial charge in [0.05, 0.1) is 0 Å². The van der Waals surface area contributed by atoms with Gasteiger partial charge in [0.1, 0.15) is 0 Å². The zero-order chi connectivity index (χ0) is 13.5. The minimum atomic E-state index is -5.39. The fourth-order valence-corrected chi connectivity index (χ4v) is 0. The van der Waals surface area contributed by atoms with Crippen LogP contribution >= 0.6 is 23.5 Å². The van der Waals surface area contributed by atoms with Crippen LogP contribution in [0.25, 0.3) is 0 Å². The zero-order valence-corrected chi connectivity index (χ0v) is 17.2. The third-order valence-corrected chi connectivity index (χ3v) is 0. The largest absolute Gasteiger partial charge is 2.00 e. The molecule has 0 unspecified atom stereocenters. The predicted molar refractivity (Wildman–Crippen MR) is 40.3 cm³/mol. The van der Waals surface area contributed by atoms with Crippen LogP contribution in [0.5, 0.6) is 0 Å². The van der Waals surface area contributed by atoms with Crippen LogP contribution in [0.15, 0.2) is 0 Å². The Morgan fingerprint density at radius 2 is 0.500 bits per heavy atom. The first-order chi connectivity index (χ1) is 6.00. The summed E-state index contributed by atoms with van der Waals surface area (Å²) >= 11 is 0. The maximum absolute atomic E-state index is 8.55. The summed E-state index contributed by atoms with van der Waals surface area (Å²) in [5, 5.41) is 0. The van der Waals surface area contributed by atoms with Crippen molar-refractivity contribution in [2.75, 3.05) is 0 Å². The van der Waals surface area contributed by atoms with Crippen molar-refractivity contribution in [3.63, 3.8) is 0 Å². The summed E-state index contributed by atoms with van der Waals surface area (Å²) in [6.07, 6.45) is 0. The van der Waals surface area contributed by atoms with Gasteiger partial charge >= 0.3 is 80.2 Å². The van der Waals surface area contributed by atoms with E-state index in [0.29, 0.717) is 0 Å². The molecule has 0 spiro atoms. The summed E-state index contributed by atoms with van der Waals surface area (Å²) in [6.45, 7) is 0. The van der Waals surface area contributed by atoms with Gasteiger partial charge in [-0.3, -0.25) is 0 Å². The normalized spacial score (nSPS) is 8.85. The molecule has 20 heavy (non-hydrogen) atoms. The average Bonchev–Trinajstić information content (AvgIpc) is 1.41. The maximum Gasteiger partial charge on any atom is 2.00 e. The van der Waals surface area contributed by atoms with Crippen molar-refractivity contribution in [1.29, 1.82) is 0 Å². The van der Waals surface area contributed by atoms with E-state index in [2.05, 4.69) is 0 Å². The molecular weight excluding hydrogens is 458 g/mol. The smallest absolute Gasteiger partial charge is 0.822 e. The van der Waals surface area contributed by atoms with Crippen LogP contribution in [0.3, 0.4) is 0 Å². The van der Waals surface area contributed by atoms with Gasteiger partial charge in [0.25, 0.3) is 0 Å². The van der Waals surface area contributed by atoms with E-state index in [-0.39, 0.29) is 86.4 Å². The molecule has 0 fully saturated rings. The summed E-state index contributed by atoms with van der Waals surface area (Å²) in [4.78, 5) is 76.9. The number of quaternary nitrogens is 1. The van der Waals surface area contributed by atoms with Crippen molar-refractivity contribution in [3.05, 3.63) is 0 Å². The van der Waals surface area contributed by atoms with Crippen molar-refractivity contribution >= 4 is 69.6 Å². The molecule has 0 aromatic carbocycles. The fraction of sp³-hybridized carbons (Fsp3) is 0. The van der Waals surface area contributed by atoms with Crippen molar-refractivity contribution in [3.8, 4) is 0 Å². The van der Waals surface area contributed by atoms with E-state index in [1.54, 1.807) is 0 Å². The van der Waals surface area contributed by atoms with E-state index in [0.717, 1.165) is 0 Å². The Kier molecular flexibility index (Phi) is 54.1. The van der Waals surface area contributed by atoms with E-state index in [9.17, 15) is 0 Å². The Hall–Kier alpha value is 2.86.